The molecule has 2 aliphatic rings. The first kappa shape index (κ1) is 20.5. The van der Waals surface area contributed by atoms with Crippen LogP contribution in [0.4, 0.5) is 11.4 Å². The summed E-state index contributed by atoms with van der Waals surface area (Å²) in [6.45, 7) is 6.76. The molecule has 0 bridgehead atoms. The molecule has 1 fully saturated rings. The lowest BCUT2D eigenvalue weighted by atomic mass is 9.80. The van der Waals surface area contributed by atoms with Gasteiger partial charge in [-0.05, 0) is 67.7 Å². The standard InChI is InChI=1S/C23H23ClN2OS2/c1-14-13-23(2,3)25(4)19-12-18(24)15(10-17(14)19)11-20-21(27)26(22(28)29-20)16-8-6-5-7-9-16/h5-12,14H,13H2,1-4H3/b20-11-/t14-/m0/s1. The summed E-state index contributed by atoms with van der Waals surface area (Å²) in [6.07, 6.45) is 2.94. The third-order valence-electron chi connectivity index (χ3n) is 5.85. The van der Waals surface area contributed by atoms with Crippen LogP contribution in [0.2, 0.25) is 5.02 Å². The number of hydrogen-bond acceptors (Lipinski definition) is 4. The SMILES string of the molecule is C[C@H]1CC(C)(C)N(C)c2cc(Cl)c(/C=C3\SC(=S)N(c4ccccc4)C3=O)cc21. The number of anilines is 2. The molecule has 150 valence electrons. The number of para-hydroxylation sites is 1. The van der Waals surface area contributed by atoms with Gasteiger partial charge in [-0.25, -0.2) is 0 Å². The fraction of sp³-hybridized carbons (Fsp3) is 0.304. The zero-order valence-corrected chi connectivity index (χ0v) is 19.3. The van der Waals surface area contributed by atoms with Gasteiger partial charge in [-0.3, -0.25) is 9.69 Å². The number of amides is 1. The van der Waals surface area contributed by atoms with Crippen molar-refractivity contribution in [2.24, 2.45) is 0 Å². The van der Waals surface area contributed by atoms with Crippen LogP contribution >= 0.6 is 35.6 Å². The van der Waals surface area contributed by atoms with E-state index in [1.165, 1.54) is 17.3 Å². The minimum atomic E-state index is -0.105. The van der Waals surface area contributed by atoms with Crippen LogP contribution in [0, 0.1) is 0 Å². The highest BCUT2D eigenvalue weighted by Crippen LogP contribution is 2.45. The molecule has 29 heavy (non-hydrogen) atoms. The average molecular weight is 443 g/mol. The molecule has 0 aromatic heterocycles. The van der Waals surface area contributed by atoms with Gasteiger partial charge in [-0.1, -0.05) is 60.7 Å². The summed E-state index contributed by atoms with van der Waals surface area (Å²) in [5.41, 5.74) is 4.15. The summed E-state index contributed by atoms with van der Waals surface area (Å²) in [5.74, 6) is 0.311. The molecule has 0 spiro atoms. The number of rotatable bonds is 2. The number of halogens is 1. The molecule has 6 heteroatoms. The Bertz CT molecular complexity index is 1030. The third-order valence-corrected chi connectivity index (χ3v) is 7.48. The summed E-state index contributed by atoms with van der Waals surface area (Å²) in [7, 11) is 2.12. The van der Waals surface area contributed by atoms with Gasteiger partial charge in [-0.15, -0.1) is 0 Å². The quantitative estimate of drug-likeness (QED) is 0.393. The van der Waals surface area contributed by atoms with Crippen LogP contribution < -0.4 is 9.80 Å². The summed E-state index contributed by atoms with van der Waals surface area (Å²) in [6, 6.07) is 13.6. The second-order valence-corrected chi connectivity index (χ2v) is 10.3. The van der Waals surface area contributed by atoms with Crippen LogP contribution in [0.5, 0.6) is 0 Å². The number of thioether (sulfide) groups is 1. The van der Waals surface area contributed by atoms with Gasteiger partial charge in [0.1, 0.15) is 0 Å². The number of fused-ring (bicyclic) bond motifs is 1. The fourth-order valence-electron chi connectivity index (χ4n) is 4.12. The molecule has 0 unspecified atom stereocenters. The highest BCUT2D eigenvalue weighted by molar-refractivity contribution is 8.27. The van der Waals surface area contributed by atoms with E-state index in [1.54, 1.807) is 4.90 Å². The minimum Gasteiger partial charge on any atom is -0.369 e. The van der Waals surface area contributed by atoms with Crippen molar-refractivity contribution < 1.29 is 4.79 Å². The number of nitrogens with zero attached hydrogens (tertiary/aromatic N) is 2. The van der Waals surface area contributed by atoms with E-state index < -0.39 is 0 Å². The van der Waals surface area contributed by atoms with Crippen LogP contribution in [0.15, 0.2) is 47.4 Å². The highest BCUT2D eigenvalue weighted by Gasteiger charge is 2.36. The van der Waals surface area contributed by atoms with Crippen LogP contribution in [0.25, 0.3) is 6.08 Å². The molecular formula is C23H23ClN2OS2. The van der Waals surface area contributed by atoms with Crippen molar-refractivity contribution in [3.63, 3.8) is 0 Å². The number of carbonyl (C=O) groups is 1. The summed E-state index contributed by atoms with van der Waals surface area (Å²) < 4.78 is 0.538. The van der Waals surface area contributed by atoms with E-state index in [9.17, 15) is 4.79 Å². The van der Waals surface area contributed by atoms with E-state index in [4.69, 9.17) is 23.8 Å². The minimum absolute atomic E-state index is 0.0787. The lowest BCUT2D eigenvalue weighted by Crippen LogP contribution is -2.45. The normalized spacial score (nSPS) is 22.4. The second kappa shape index (κ2) is 7.46. The van der Waals surface area contributed by atoms with E-state index in [0.29, 0.717) is 20.2 Å². The molecular weight excluding hydrogens is 420 g/mol. The highest BCUT2D eigenvalue weighted by atomic mass is 35.5. The van der Waals surface area contributed by atoms with Gasteiger partial charge in [0.15, 0.2) is 4.32 Å². The monoisotopic (exact) mass is 442 g/mol. The number of benzene rings is 2. The Morgan fingerprint density at radius 3 is 2.62 bits per heavy atom. The van der Waals surface area contributed by atoms with Crippen molar-refractivity contribution in [3.8, 4) is 0 Å². The maximum Gasteiger partial charge on any atom is 0.270 e. The number of thiocarbonyl (C=S) groups is 1. The maximum atomic E-state index is 13.0. The molecule has 4 rings (SSSR count). The maximum absolute atomic E-state index is 13.0. The van der Waals surface area contributed by atoms with E-state index in [2.05, 4.69) is 38.8 Å². The summed E-state index contributed by atoms with van der Waals surface area (Å²) >= 11 is 13.4. The van der Waals surface area contributed by atoms with Crippen LogP contribution in [0.3, 0.4) is 0 Å². The lowest BCUT2D eigenvalue weighted by Gasteiger charge is -2.45. The average Bonchev–Trinajstić information content (AvgIpc) is 2.95. The third kappa shape index (κ3) is 3.60. The zero-order chi connectivity index (χ0) is 20.9. The molecule has 1 amide bonds. The predicted octanol–water partition coefficient (Wildman–Crippen LogP) is 6.47. The molecule has 1 saturated heterocycles. The van der Waals surface area contributed by atoms with E-state index in [-0.39, 0.29) is 11.4 Å². The first-order valence-corrected chi connectivity index (χ1v) is 11.2. The molecule has 2 aromatic carbocycles. The molecule has 0 aliphatic carbocycles. The molecule has 2 aromatic rings. The van der Waals surface area contributed by atoms with Crippen molar-refractivity contribution in [3.05, 3.63) is 63.5 Å². The zero-order valence-electron chi connectivity index (χ0n) is 16.9. The predicted molar refractivity (Wildman–Crippen MR) is 129 cm³/mol. The Morgan fingerprint density at radius 2 is 1.93 bits per heavy atom. The second-order valence-electron chi connectivity index (χ2n) is 8.26. The van der Waals surface area contributed by atoms with Crippen LogP contribution in [-0.4, -0.2) is 22.8 Å². The molecule has 0 radical (unpaired) electrons. The van der Waals surface area contributed by atoms with Gasteiger partial charge >= 0.3 is 0 Å². The smallest absolute Gasteiger partial charge is 0.270 e. The fourth-order valence-corrected chi connectivity index (χ4v) is 5.63. The number of carbonyl (C=O) groups excluding carboxylic acids is 1. The lowest BCUT2D eigenvalue weighted by molar-refractivity contribution is -0.113. The molecule has 2 heterocycles. The van der Waals surface area contributed by atoms with Crippen molar-refractivity contribution in [1.82, 2.24) is 0 Å². The van der Waals surface area contributed by atoms with Crippen molar-refractivity contribution in [2.75, 3.05) is 16.8 Å². The molecule has 0 N–H and O–H groups in total. The first-order valence-electron chi connectivity index (χ1n) is 9.59. The molecule has 2 aliphatic heterocycles. The van der Waals surface area contributed by atoms with Gasteiger partial charge in [-0.2, -0.15) is 0 Å². The van der Waals surface area contributed by atoms with Gasteiger partial charge in [0.05, 0.1) is 10.6 Å². The Balaban J connectivity index is 1.72. The van der Waals surface area contributed by atoms with Crippen molar-refractivity contribution in [2.45, 2.75) is 38.6 Å². The Hall–Kier alpha value is -1.82. The van der Waals surface area contributed by atoms with Gasteiger partial charge < -0.3 is 4.90 Å². The Morgan fingerprint density at radius 1 is 1.24 bits per heavy atom. The largest absolute Gasteiger partial charge is 0.369 e. The van der Waals surface area contributed by atoms with Gasteiger partial charge in [0.25, 0.3) is 5.91 Å². The van der Waals surface area contributed by atoms with Gasteiger partial charge in [0, 0.05) is 23.3 Å². The number of hydrogen-bond donors (Lipinski definition) is 0. The summed E-state index contributed by atoms with van der Waals surface area (Å²) in [4.78, 5) is 17.5. The molecule has 3 nitrogen and oxygen atoms in total. The topological polar surface area (TPSA) is 23.6 Å². The van der Waals surface area contributed by atoms with Crippen LogP contribution in [0.1, 0.15) is 44.2 Å². The van der Waals surface area contributed by atoms with Crippen molar-refractivity contribution >= 4 is 63.3 Å². The first-order chi connectivity index (χ1) is 13.7. The van der Waals surface area contributed by atoms with Gasteiger partial charge in [0.2, 0.25) is 0 Å². The Kier molecular flexibility index (Phi) is 5.26. The molecule has 0 saturated carbocycles. The van der Waals surface area contributed by atoms with E-state index in [1.807, 2.05) is 42.5 Å². The van der Waals surface area contributed by atoms with Crippen LogP contribution in [-0.2, 0) is 4.79 Å². The van der Waals surface area contributed by atoms with Crippen molar-refractivity contribution in [1.29, 1.82) is 0 Å². The van der Waals surface area contributed by atoms with E-state index in [0.717, 1.165) is 23.4 Å². The summed E-state index contributed by atoms with van der Waals surface area (Å²) in [5, 5.41) is 0.644. The van der Waals surface area contributed by atoms with E-state index >= 15 is 0 Å². The molecule has 1 atom stereocenters. The Labute approximate surface area is 186 Å².